The number of hydrogen-bond donors (Lipinski definition) is 0. The van der Waals surface area contributed by atoms with Crippen LogP contribution in [0.3, 0.4) is 0 Å². The summed E-state index contributed by atoms with van der Waals surface area (Å²) in [6.45, 7) is 2.25. The van der Waals surface area contributed by atoms with E-state index >= 15 is 0 Å². The van der Waals surface area contributed by atoms with E-state index in [0.717, 1.165) is 25.2 Å². The molecular weight excluding hydrogens is 201 g/mol. The van der Waals surface area contributed by atoms with Gasteiger partial charge in [-0.3, -0.25) is 0 Å². The third kappa shape index (κ3) is 6.06. The summed E-state index contributed by atoms with van der Waals surface area (Å²) in [5.41, 5.74) is 0. The minimum atomic E-state index is -3.97. The number of alkyl halides is 3. The summed E-state index contributed by atoms with van der Waals surface area (Å²) in [5, 5.41) is 0. The molecule has 0 unspecified atom stereocenters. The lowest BCUT2D eigenvalue weighted by Gasteiger charge is -2.25. The van der Waals surface area contributed by atoms with E-state index in [4.69, 9.17) is 0 Å². The predicted octanol–water partition coefficient (Wildman–Crippen LogP) is 4.89. The first-order valence-corrected chi connectivity index (χ1v) is 5.88. The number of unbranched alkanes of at least 4 members (excludes halogenated alkanes) is 1. The highest BCUT2D eigenvalue weighted by Crippen LogP contribution is 2.33. The van der Waals surface area contributed by atoms with Crippen molar-refractivity contribution in [3.8, 4) is 0 Å². The topological polar surface area (TPSA) is 0 Å². The molecule has 0 nitrogen and oxygen atoms in total. The lowest BCUT2D eigenvalue weighted by atomic mass is 9.80. The summed E-state index contributed by atoms with van der Waals surface area (Å²) < 4.78 is 35.6. The molecule has 0 aliphatic heterocycles. The van der Waals surface area contributed by atoms with E-state index in [1.807, 2.05) is 0 Å². The molecule has 1 saturated carbocycles. The second-order valence-corrected chi connectivity index (χ2v) is 4.75. The molecule has 89 valence electrons. The van der Waals surface area contributed by atoms with Gasteiger partial charge in [0.2, 0.25) is 0 Å². The smallest absolute Gasteiger partial charge is 0.171 e. The molecule has 0 spiro atoms. The molecule has 0 aromatic heterocycles. The maximum atomic E-state index is 11.9. The van der Waals surface area contributed by atoms with E-state index in [1.165, 1.54) is 18.8 Å². The Morgan fingerprint density at radius 2 is 1.73 bits per heavy atom. The lowest BCUT2D eigenvalue weighted by molar-refractivity contribution is -0.135. The Hall–Kier alpha value is -0.210. The zero-order valence-electron chi connectivity index (χ0n) is 9.37. The van der Waals surface area contributed by atoms with E-state index in [2.05, 4.69) is 6.92 Å². The Bertz CT molecular complexity index is 166. The van der Waals surface area contributed by atoms with Gasteiger partial charge >= 0.3 is 6.18 Å². The molecule has 1 aliphatic rings. The summed E-state index contributed by atoms with van der Waals surface area (Å²) in [5.74, 6) is 2.30. The van der Waals surface area contributed by atoms with E-state index in [-0.39, 0.29) is 0 Å². The molecule has 0 aromatic carbocycles. The van der Waals surface area contributed by atoms with Crippen molar-refractivity contribution in [1.82, 2.24) is 0 Å². The van der Waals surface area contributed by atoms with Crippen molar-refractivity contribution in [3.63, 3.8) is 0 Å². The Kier molecular flexibility index (Phi) is 4.94. The second kappa shape index (κ2) is 5.76. The first-order chi connectivity index (χ1) is 6.97. The molecule has 0 atom stereocenters. The van der Waals surface area contributed by atoms with Crippen molar-refractivity contribution in [2.45, 2.75) is 64.5 Å². The summed E-state index contributed by atoms with van der Waals surface area (Å²) in [4.78, 5) is 0. The maximum Gasteiger partial charge on any atom is 0.389 e. The SMILES string of the molecule is CC1CC[C](CCCCC(F)(F)F)CC1. The maximum absolute atomic E-state index is 11.9. The Morgan fingerprint density at radius 3 is 2.27 bits per heavy atom. The van der Waals surface area contributed by atoms with E-state index in [0.29, 0.717) is 12.8 Å². The van der Waals surface area contributed by atoms with Crippen LogP contribution < -0.4 is 0 Å². The second-order valence-electron chi connectivity index (χ2n) is 4.75. The Morgan fingerprint density at radius 1 is 1.13 bits per heavy atom. The van der Waals surface area contributed by atoms with Gasteiger partial charge in [-0.2, -0.15) is 13.2 Å². The minimum Gasteiger partial charge on any atom is -0.171 e. The molecule has 0 bridgehead atoms. The third-order valence-electron chi connectivity index (χ3n) is 3.22. The van der Waals surface area contributed by atoms with Gasteiger partial charge in [0, 0.05) is 6.42 Å². The molecule has 0 amide bonds. The van der Waals surface area contributed by atoms with E-state index in [1.54, 1.807) is 0 Å². The van der Waals surface area contributed by atoms with Crippen LogP contribution in [0.25, 0.3) is 0 Å². The van der Waals surface area contributed by atoms with Crippen LogP contribution in [0.2, 0.25) is 0 Å². The number of rotatable bonds is 4. The van der Waals surface area contributed by atoms with Crippen LogP contribution in [-0.4, -0.2) is 6.18 Å². The fraction of sp³-hybridized carbons (Fsp3) is 0.917. The van der Waals surface area contributed by atoms with Crippen LogP contribution in [-0.2, 0) is 0 Å². The van der Waals surface area contributed by atoms with Gasteiger partial charge in [0.05, 0.1) is 0 Å². The van der Waals surface area contributed by atoms with Crippen molar-refractivity contribution in [2.75, 3.05) is 0 Å². The van der Waals surface area contributed by atoms with Crippen LogP contribution in [0.5, 0.6) is 0 Å². The highest BCUT2D eigenvalue weighted by Gasteiger charge is 2.26. The van der Waals surface area contributed by atoms with Gasteiger partial charge in [-0.15, -0.1) is 0 Å². The number of hydrogen-bond acceptors (Lipinski definition) is 0. The molecule has 1 fully saturated rings. The van der Waals surface area contributed by atoms with Gasteiger partial charge in [0.25, 0.3) is 0 Å². The zero-order valence-corrected chi connectivity index (χ0v) is 9.37. The van der Waals surface area contributed by atoms with Crippen molar-refractivity contribution < 1.29 is 13.2 Å². The van der Waals surface area contributed by atoms with Crippen LogP contribution >= 0.6 is 0 Å². The Labute approximate surface area is 90.2 Å². The first kappa shape index (κ1) is 12.9. The zero-order chi connectivity index (χ0) is 11.3. The van der Waals surface area contributed by atoms with E-state index < -0.39 is 12.6 Å². The van der Waals surface area contributed by atoms with Crippen molar-refractivity contribution in [2.24, 2.45) is 5.92 Å². The van der Waals surface area contributed by atoms with E-state index in [9.17, 15) is 13.2 Å². The fourth-order valence-electron chi connectivity index (χ4n) is 2.12. The molecule has 1 rings (SSSR count). The molecule has 0 N–H and O–H groups in total. The van der Waals surface area contributed by atoms with Crippen LogP contribution in [0, 0.1) is 11.8 Å². The Balaban J connectivity index is 2.01. The number of halogens is 3. The first-order valence-electron chi connectivity index (χ1n) is 5.88. The van der Waals surface area contributed by atoms with Crippen LogP contribution in [0.4, 0.5) is 13.2 Å². The van der Waals surface area contributed by atoms with Gasteiger partial charge in [-0.1, -0.05) is 26.2 Å². The molecule has 0 saturated heterocycles. The highest BCUT2D eigenvalue weighted by atomic mass is 19.4. The van der Waals surface area contributed by atoms with Gasteiger partial charge in [-0.05, 0) is 37.5 Å². The quantitative estimate of drug-likeness (QED) is 0.593. The van der Waals surface area contributed by atoms with Gasteiger partial charge in [-0.25, -0.2) is 0 Å². The largest absolute Gasteiger partial charge is 0.389 e. The van der Waals surface area contributed by atoms with Crippen LogP contribution in [0.1, 0.15) is 58.3 Å². The van der Waals surface area contributed by atoms with Gasteiger partial charge in [0.1, 0.15) is 0 Å². The van der Waals surface area contributed by atoms with Gasteiger partial charge < -0.3 is 0 Å². The molecule has 1 aliphatic carbocycles. The predicted molar refractivity (Wildman–Crippen MR) is 55.4 cm³/mol. The molecule has 1 radical (unpaired) electrons. The molecule has 0 heterocycles. The highest BCUT2D eigenvalue weighted by molar-refractivity contribution is 4.93. The molecule has 15 heavy (non-hydrogen) atoms. The van der Waals surface area contributed by atoms with Gasteiger partial charge in [0.15, 0.2) is 0 Å². The summed E-state index contributed by atoms with van der Waals surface area (Å²) in [6, 6.07) is 0. The third-order valence-corrected chi connectivity index (χ3v) is 3.22. The summed E-state index contributed by atoms with van der Waals surface area (Å²) in [6.07, 6.45) is 2.10. The van der Waals surface area contributed by atoms with Crippen molar-refractivity contribution >= 4 is 0 Å². The standard InChI is InChI=1S/C12H20F3/c1-10-5-7-11(8-6-10)4-2-3-9-12(13,14)15/h10H,2-9H2,1H3. The average molecular weight is 221 g/mol. The summed E-state index contributed by atoms with van der Waals surface area (Å²) >= 11 is 0. The lowest BCUT2D eigenvalue weighted by Crippen LogP contribution is -2.11. The fourth-order valence-corrected chi connectivity index (χ4v) is 2.12. The van der Waals surface area contributed by atoms with Crippen molar-refractivity contribution in [3.05, 3.63) is 5.92 Å². The van der Waals surface area contributed by atoms with Crippen LogP contribution in [0.15, 0.2) is 0 Å². The molecule has 3 heteroatoms. The summed E-state index contributed by atoms with van der Waals surface area (Å²) in [7, 11) is 0. The normalized spacial score (nSPS) is 20.8. The van der Waals surface area contributed by atoms with Crippen molar-refractivity contribution in [1.29, 1.82) is 0 Å². The monoisotopic (exact) mass is 221 g/mol. The minimum absolute atomic E-state index is 0.294. The molecular formula is C12H20F3. The molecule has 0 aromatic rings. The average Bonchev–Trinajstić information content (AvgIpc) is 2.14.